The van der Waals surface area contributed by atoms with Gasteiger partial charge in [-0.15, -0.1) is 0 Å². The highest BCUT2D eigenvalue weighted by Gasteiger charge is 2.35. The quantitative estimate of drug-likeness (QED) is 0.175. The highest BCUT2D eigenvalue weighted by Crippen LogP contribution is 2.50. The van der Waals surface area contributed by atoms with Gasteiger partial charge in [0, 0.05) is 43.8 Å². The van der Waals surface area contributed by atoms with E-state index in [0.29, 0.717) is 5.95 Å². The van der Waals surface area contributed by atoms with E-state index in [1.54, 1.807) is 0 Å². The lowest BCUT2D eigenvalue weighted by atomic mass is 9.82. The zero-order valence-corrected chi connectivity index (χ0v) is 32.8. The molecular weight excluding hydrogens is 717 g/mol. The molecule has 8 aromatic carbocycles. The van der Waals surface area contributed by atoms with Crippen LogP contribution in [0.5, 0.6) is 0 Å². The summed E-state index contributed by atoms with van der Waals surface area (Å²) in [7, 11) is 0. The Morgan fingerprint density at radius 3 is 1.54 bits per heavy atom. The van der Waals surface area contributed by atoms with Crippen molar-refractivity contribution in [2.45, 2.75) is 19.3 Å². The monoisotopic (exact) mass is 754 g/mol. The fourth-order valence-corrected chi connectivity index (χ4v) is 9.71. The summed E-state index contributed by atoms with van der Waals surface area (Å²) in [5.41, 5.74) is 17.0. The van der Waals surface area contributed by atoms with Crippen LogP contribution in [0.25, 0.3) is 100 Å². The minimum atomic E-state index is -0.133. The maximum atomic E-state index is 5.47. The SMILES string of the molecule is CC1(C)c2ccccc2-c2ccc(-n3c4ccccc4c4ccc5c6ccccc6n(-c6nc(-c7ccccc7)cc(-c7ccc(-c8ccccc8)cc7)n6)c5c43)cc21. The van der Waals surface area contributed by atoms with E-state index in [9.17, 15) is 0 Å². The predicted molar refractivity (Wildman–Crippen MR) is 245 cm³/mol. The van der Waals surface area contributed by atoms with E-state index in [4.69, 9.17) is 9.97 Å². The zero-order chi connectivity index (χ0) is 39.2. The topological polar surface area (TPSA) is 35.6 Å². The Kier molecular flexibility index (Phi) is 7.24. The van der Waals surface area contributed by atoms with Crippen LogP contribution < -0.4 is 0 Å². The Bertz CT molecular complexity index is 3440. The number of hydrogen-bond acceptors (Lipinski definition) is 2. The Morgan fingerprint density at radius 2 is 0.864 bits per heavy atom. The van der Waals surface area contributed by atoms with Crippen molar-refractivity contribution in [3.63, 3.8) is 0 Å². The molecule has 3 aromatic heterocycles. The van der Waals surface area contributed by atoms with E-state index in [0.717, 1.165) is 55.5 Å². The first-order valence-corrected chi connectivity index (χ1v) is 20.3. The van der Waals surface area contributed by atoms with Crippen LogP contribution >= 0.6 is 0 Å². The normalized spacial score (nSPS) is 13.1. The summed E-state index contributed by atoms with van der Waals surface area (Å²) in [6.45, 7) is 4.71. The van der Waals surface area contributed by atoms with Crippen molar-refractivity contribution in [2.75, 3.05) is 0 Å². The lowest BCUT2D eigenvalue weighted by molar-refractivity contribution is 0.660. The molecule has 0 spiro atoms. The van der Waals surface area contributed by atoms with Crippen molar-refractivity contribution in [3.8, 4) is 56.4 Å². The van der Waals surface area contributed by atoms with Crippen LogP contribution in [0.3, 0.4) is 0 Å². The third kappa shape index (κ3) is 5.03. The number of fused-ring (bicyclic) bond motifs is 10. The molecule has 4 heteroatoms. The molecule has 11 aromatic rings. The van der Waals surface area contributed by atoms with Crippen LogP contribution in [0.4, 0.5) is 0 Å². The van der Waals surface area contributed by atoms with Crippen LogP contribution in [0.1, 0.15) is 25.0 Å². The molecule has 278 valence electrons. The first kappa shape index (κ1) is 33.6. The lowest BCUT2D eigenvalue weighted by Gasteiger charge is -2.22. The van der Waals surface area contributed by atoms with Crippen LogP contribution in [0.15, 0.2) is 194 Å². The molecule has 1 aliphatic rings. The lowest BCUT2D eigenvalue weighted by Crippen LogP contribution is -2.15. The molecule has 4 nitrogen and oxygen atoms in total. The summed E-state index contributed by atoms with van der Waals surface area (Å²) < 4.78 is 4.79. The van der Waals surface area contributed by atoms with Gasteiger partial charge in [0.15, 0.2) is 0 Å². The standard InChI is InChI=1S/C55H38N4/c1-55(2)46-22-12-9-19-40(46)41-30-29-39(33-47(41)55)58-50-23-13-10-20-42(50)44-31-32-45-43-21-11-14-24-51(43)59(53(45)52(44)58)54-56-48(37-17-7-4-8-18-37)34-49(57-54)38-27-25-36(26-28-38)35-15-5-3-6-16-35/h3-34H,1-2H3. The van der Waals surface area contributed by atoms with Crippen LogP contribution in [-0.2, 0) is 5.41 Å². The van der Waals surface area contributed by atoms with Crippen LogP contribution in [-0.4, -0.2) is 19.1 Å². The average molecular weight is 755 g/mol. The third-order valence-electron chi connectivity index (χ3n) is 12.6. The number of para-hydroxylation sites is 2. The molecule has 0 amide bonds. The van der Waals surface area contributed by atoms with Crippen molar-refractivity contribution >= 4 is 43.6 Å². The van der Waals surface area contributed by atoms with E-state index in [2.05, 4.69) is 217 Å². The van der Waals surface area contributed by atoms with Crippen molar-refractivity contribution in [2.24, 2.45) is 0 Å². The fourth-order valence-electron chi connectivity index (χ4n) is 9.71. The van der Waals surface area contributed by atoms with Gasteiger partial charge in [-0.05, 0) is 63.7 Å². The minimum Gasteiger partial charge on any atom is -0.307 e. The van der Waals surface area contributed by atoms with Gasteiger partial charge < -0.3 is 4.57 Å². The second-order valence-corrected chi connectivity index (χ2v) is 16.2. The summed E-state index contributed by atoms with van der Waals surface area (Å²) in [5.74, 6) is 0.634. The minimum absolute atomic E-state index is 0.133. The van der Waals surface area contributed by atoms with Crippen molar-refractivity contribution in [1.29, 1.82) is 0 Å². The summed E-state index contributed by atoms with van der Waals surface area (Å²) in [6.07, 6.45) is 0. The Labute approximate surface area is 342 Å². The zero-order valence-electron chi connectivity index (χ0n) is 32.8. The molecule has 0 unspecified atom stereocenters. The number of rotatable bonds is 5. The van der Waals surface area contributed by atoms with E-state index in [1.807, 2.05) is 0 Å². The summed E-state index contributed by atoms with van der Waals surface area (Å²) >= 11 is 0. The molecule has 0 N–H and O–H groups in total. The molecule has 59 heavy (non-hydrogen) atoms. The first-order chi connectivity index (χ1) is 29.0. The van der Waals surface area contributed by atoms with E-state index < -0.39 is 0 Å². The molecule has 0 atom stereocenters. The molecule has 3 heterocycles. The van der Waals surface area contributed by atoms with Gasteiger partial charge >= 0.3 is 0 Å². The fraction of sp³-hybridized carbons (Fsp3) is 0.0545. The van der Waals surface area contributed by atoms with E-state index in [-0.39, 0.29) is 5.41 Å². The molecule has 0 saturated heterocycles. The van der Waals surface area contributed by atoms with E-state index >= 15 is 0 Å². The Hall–Kier alpha value is -7.56. The predicted octanol–water partition coefficient (Wildman–Crippen LogP) is 14.0. The van der Waals surface area contributed by atoms with Gasteiger partial charge in [-0.25, -0.2) is 9.97 Å². The van der Waals surface area contributed by atoms with Gasteiger partial charge in [0.25, 0.3) is 0 Å². The van der Waals surface area contributed by atoms with Crippen LogP contribution in [0.2, 0.25) is 0 Å². The summed E-state index contributed by atoms with van der Waals surface area (Å²) in [5, 5.41) is 4.72. The highest BCUT2D eigenvalue weighted by molar-refractivity contribution is 6.23. The Morgan fingerprint density at radius 1 is 0.373 bits per heavy atom. The van der Waals surface area contributed by atoms with Gasteiger partial charge in [0.05, 0.1) is 33.5 Å². The maximum Gasteiger partial charge on any atom is 0.235 e. The Balaban J connectivity index is 1.16. The van der Waals surface area contributed by atoms with Crippen LogP contribution in [0, 0.1) is 0 Å². The van der Waals surface area contributed by atoms with Crippen molar-refractivity contribution in [1.82, 2.24) is 19.1 Å². The summed E-state index contributed by atoms with van der Waals surface area (Å²) in [4.78, 5) is 10.9. The smallest absolute Gasteiger partial charge is 0.235 e. The number of benzene rings is 8. The largest absolute Gasteiger partial charge is 0.307 e. The second kappa shape index (κ2) is 12.7. The first-order valence-electron chi connectivity index (χ1n) is 20.3. The number of hydrogen-bond donors (Lipinski definition) is 0. The molecule has 0 fully saturated rings. The van der Waals surface area contributed by atoms with Gasteiger partial charge in [-0.1, -0.05) is 178 Å². The van der Waals surface area contributed by atoms with Gasteiger partial charge in [-0.2, -0.15) is 0 Å². The molecule has 0 radical (unpaired) electrons. The highest BCUT2D eigenvalue weighted by atomic mass is 15.2. The molecule has 0 bridgehead atoms. The summed E-state index contributed by atoms with van der Waals surface area (Å²) in [6, 6.07) is 69.9. The van der Waals surface area contributed by atoms with Crippen molar-refractivity contribution in [3.05, 3.63) is 205 Å². The van der Waals surface area contributed by atoms with Crippen molar-refractivity contribution < 1.29 is 0 Å². The third-order valence-corrected chi connectivity index (χ3v) is 12.6. The average Bonchev–Trinajstić information content (AvgIpc) is 3.90. The van der Waals surface area contributed by atoms with Gasteiger partial charge in [0.1, 0.15) is 0 Å². The molecular formula is C55H38N4. The molecule has 12 rings (SSSR count). The van der Waals surface area contributed by atoms with Gasteiger partial charge in [0.2, 0.25) is 5.95 Å². The van der Waals surface area contributed by atoms with E-state index in [1.165, 1.54) is 49.7 Å². The maximum absolute atomic E-state index is 5.47. The van der Waals surface area contributed by atoms with Gasteiger partial charge in [-0.3, -0.25) is 4.57 Å². The molecule has 0 aliphatic heterocycles. The number of nitrogens with zero attached hydrogens (tertiary/aromatic N) is 4. The molecule has 1 aliphatic carbocycles. The number of aromatic nitrogens is 4. The second-order valence-electron chi connectivity index (χ2n) is 16.2. The molecule has 0 saturated carbocycles.